The predicted molar refractivity (Wildman–Crippen MR) is 126 cm³/mol. The molecule has 1 aliphatic rings. The molecule has 2 N–H and O–H groups in total. The van der Waals surface area contributed by atoms with Crippen molar-refractivity contribution in [3.05, 3.63) is 66.4 Å². The lowest BCUT2D eigenvalue weighted by molar-refractivity contribution is 0.102. The Bertz CT molecular complexity index is 1230. The van der Waals surface area contributed by atoms with E-state index in [4.69, 9.17) is 4.74 Å². The smallest absolute Gasteiger partial charge is 0.278 e. The summed E-state index contributed by atoms with van der Waals surface area (Å²) in [5.74, 6) is 1.32. The minimum absolute atomic E-state index is 0.278. The lowest BCUT2D eigenvalue weighted by atomic mass is 10.1. The molecule has 168 valence electrons. The zero-order valence-electron chi connectivity index (χ0n) is 18.4. The maximum Gasteiger partial charge on any atom is 0.278 e. The molecule has 0 unspecified atom stereocenters. The molecule has 0 atom stereocenters. The number of carbonyl (C=O) groups excluding carboxylic acids is 1. The van der Waals surface area contributed by atoms with E-state index in [0.717, 1.165) is 48.6 Å². The van der Waals surface area contributed by atoms with E-state index in [2.05, 4.69) is 30.5 Å². The molecule has 33 heavy (non-hydrogen) atoms. The minimum atomic E-state index is -0.360. The summed E-state index contributed by atoms with van der Waals surface area (Å²) in [4.78, 5) is 19.6. The monoisotopic (exact) mass is 443 g/mol. The van der Waals surface area contributed by atoms with Crippen molar-refractivity contribution in [3.63, 3.8) is 0 Å². The first kappa shape index (κ1) is 20.7. The second-order valence-electron chi connectivity index (χ2n) is 7.88. The third kappa shape index (κ3) is 4.43. The van der Waals surface area contributed by atoms with Crippen LogP contribution in [0.25, 0.3) is 16.9 Å². The van der Waals surface area contributed by atoms with Gasteiger partial charge in [-0.05, 0) is 61.7 Å². The van der Waals surface area contributed by atoms with Crippen LogP contribution in [0.2, 0.25) is 0 Å². The molecule has 2 aromatic carbocycles. The Labute approximate surface area is 191 Å². The van der Waals surface area contributed by atoms with E-state index in [9.17, 15) is 4.79 Å². The Morgan fingerprint density at radius 2 is 1.79 bits per heavy atom. The van der Waals surface area contributed by atoms with Crippen LogP contribution in [0.5, 0.6) is 5.75 Å². The summed E-state index contributed by atoms with van der Waals surface area (Å²) in [6, 6.07) is 19.1. The van der Waals surface area contributed by atoms with Gasteiger partial charge in [0.1, 0.15) is 5.75 Å². The van der Waals surface area contributed by atoms with E-state index in [1.807, 2.05) is 54.6 Å². The highest BCUT2D eigenvalue weighted by Crippen LogP contribution is 2.26. The van der Waals surface area contributed by atoms with E-state index in [1.165, 1.54) is 6.42 Å². The third-order valence-corrected chi connectivity index (χ3v) is 5.67. The highest BCUT2D eigenvalue weighted by molar-refractivity contribution is 6.02. The summed E-state index contributed by atoms with van der Waals surface area (Å²) in [6.07, 6.45) is 3.48. The van der Waals surface area contributed by atoms with Crippen LogP contribution in [0.3, 0.4) is 0 Å². The van der Waals surface area contributed by atoms with Crippen LogP contribution in [-0.2, 0) is 0 Å². The van der Waals surface area contributed by atoms with Crippen molar-refractivity contribution in [2.75, 3.05) is 30.4 Å². The van der Waals surface area contributed by atoms with Crippen molar-refractivity contribution in [2.24, 2.45) is 0 Å². The molecule has 0 saturated carbocycles. The van der Waals surface area contributed by atoms with Gasteiger partial charge >= 0.3 is 0 Å². The molecule has 5 rings (SSSR count). The van der Waals surface area contributed by atoms with Gasteiger partial charge in [-0.25, -0.2) is 9.78 Å². The summed E-state index contributed by atoms with van der Waals surface area (Å²) >= 11 is 0. The number of hydrogen-bond donors (Lipinski definition) is 2. The van der Waals surface area contributed by atoms with Crippen LogP contribution < -0.4 is 15.0 Å². The van der Waals surface area contributed by atoms with Crippen molar-refractivity contribution >= 4 is 17.8 Å². The number of aromatic nitrogens is 5. The van der Waals surface area contributed by atoms with Crippen molar-refractivity contribution in [1.82, 2.24) is 25.0 Å². The fourth-order valence-corrected chi connectivity index (χ4v) is 3.94. The van der Waals surface area contributed by atoms with E-state index >= 15 is 0 Å². The zero-order valence-corrected chi connectivity index (χ0v) is 18.4. The molecule has 1 fully saturated rings. The van der Waals surface area contributed by atoms with E-state index in [-0.39, 0.29) is 11.6 Å². The van der Waals surface area contributed by atoms with Gasteiger partial charge in [0.2, 0.25) is 11.9 Å². The number of benzene rings is 2. The lowest BCUT2D eigenvalue weighted by Crippen LogP contribution is -2.30. The number of nitrogens with one attached hydrogen (secondary N) is 2. The lowest BCUT2D eigenvalue weighted by Gasteiger charge is -2.24. The molecule has 0 aliphatic carbocycles. The largest absolute Gasteiger partial charge is 0.497 e. The molecule has 4 aromatic rings. The van der Waals surface area contributed by atoms with Gasteiger partial charge in [-0.2, -0.15) is 10.1 Å². The van der Waals surface area contributed by atoms with Crippen LogP contribution >= 0.6 is 0 Å². The standard InChI is InChI=1S/C24H25N7O2/c1-33-19-12-10-17(11-13-19)21-16-20(29-31(21)18-8-4-2-5-9-18)22(32)25-23-26-24(28-27-23)30-14-6-3-7-15-30/h2,4-5,8-13,16H,3,6-7,14-15H2,1H3,(H2,25,26,27,28,32). The maximum atomic E-state index is 13.0. The Hall–Kier alpha value is -4.14. The predicted octanol–water partition coefficient (Wildman–Crippen LogP) is 3.91. The van der Waals surface area contributed by atoms with Crippen molar-refractivity contribution in [1.29, 1.82) is 0 Å². The molecular formula is C24H25N7O2. The second kappa shape index (κ2) is 9.15. The first-order valence-electron chi connectivity index (χ1n) is 11.0. The molecule has 9 heteroatoms. The average Bonchev–Trinajstić information content (AvgIpc) is 3.53. The zero-order chi connectivity index (χ0) is 22.6. The third-order valence-electron chi connectivity index (χ3n) is 5.67. The Morgan fingerprint density at radius 1 is 1.03 bits per heavy atom. The topological polar surface area (TPSA) is 101 Å². The van der Waals surface area contributed by atoms with E-state index in [0.29, 0.717) is 11.9 Å². The normalized spacial score (nSPS) is 13.7. The number of H-pyrrole nitrogens is 1. The molecule has 3 heterocycles. The van der Waals surface area contributed by atoms with Crippen molar-refractivity contribution < 1.29 is 9.53 Å². The van der Waals surface area contributed by atoms with Crippen LogP contribution in [-0.4, -0.2) is 51.1 Å². The number of hydrogen-bond acceptors (Lipinski definition) is 6. The number of methoxy groups -OCH3 is 1. The molecule has 0 bridgehead atoms. The summed E-state index contributed by atoms with van der Waals surface area (Å²) in [5.41, 5.74) is 2.84. The van der Waals surface area contributed by atoms with Gasteiger partial charge in [-0.1, -0.05) is 18.2 Å². The maximum absolute atomic E-state index is 13.0. The van der Waals surface area contributed by atoms with Crippen LogP contribution in [0.1, 0.15) is 29.8 Å². The van der Waals surface area contributed by atoms with Gasteiger partial charge in [-0.3, -0.25) is 10.1 Å². The first-order valence-corrected chi connectivity index (χ1v) is 11.0. The van der Waals surface area contributed by atoms with Gasteiger partial charge in [0.15, 0.2) is 5.69 Å². The number of rotatable bonds is 6. The summed E-state index contributed by atoms with van der Waals surface area (Å²) < 4.78 is 7.03. The van der Waals surface area contributed by atoms with Crippen LogP contribution in [0.15, 0.2) is 60.7 Å². The molecular weight excluding hydrogens is 418 g/mol. The van der Waals surface area contributed by atoms with Gasteiger partial charge < -0.3 is 9.64 Å². The molecule has 1 saturated heterocycles. The molecule has 2 aromatic heterocycles. The van der Waals surface area contributed by atoms with Crippen LogP contribution in [0, 0.1) is 0 Å². The Morgan fingerprint density at radius 3 is 2.52 bits per heavy atom. The number of aromatic amines is 1. The van der Waals surface area contributed by atoms with Crippen LogP contribution in [0.4, 0.5) is 11.9 Å². The van der Waals surface area contributed by atoms with Gasteiger partial charge in [0.05, 0.1) is 18.5 Å². The molecule has 1 aliphatic heterocycles. The number of nitrogens with zero attached hydrogens (tertiary/aromatic N) is 5. The molecule has 0 radical (unpaired) electrons. The highest BCUT2D eigenvalue weighted by atomic mass is 16.5. The number of ether oxygens (including phenoxy) is 1. The Balaban J connectivity index is 1.42. The highest BCUT2D eigenvalue weighted by Gasteiger charge is 2.20. The number of anilines is 2. The summed E-state index contributed by atoms with van der Waals surface area (Å²) in [5, 5.41) is 14.5. The molecule has 9 nitrogen and oxygen atoms in total. The minimum Gasteiger partial charge on any atom is -0.497 e. The number of piperidine rings is 1. The number of para-hydroxylation sites is 1. The average molecular weight is 444 g/mol. The quantitative estimate of drug-likeness (QED) is 0.469. The SMILES string of the molecule is COc1ccc(-c2cc(C(=O)Nc3nc(N4CCCCC4)n[nH]3)nn2-c2ccccc2)cc1. The van der Waals surface area contributed by atoms with Gasteiger partial charge in [-0.15, -0.1) is 5.10 Å². The van der Waals surface area contributed by atoms with Crippen molar-refractivity contribution in [2.45, 2.75) is 19.3 Å². The van der Waals surface area contributed by atoms with Gasteiger partial charge in [0.25, 0.3) is 5.91 Å². The van der Waals surface area contributed by atoms with E-state index < -0.39 is 0 Å². The summed E-state index contributed by atoms with van der Waals surface area (Å²) in [6.45, 7) is 1.86. The molecule has 1 amide bonds. The summed E-state index contributed by atoms with van der Waals surface area (Å²) in [7, 11) is 1.63. The van der Waals surface area contributed by atoms with E-state index in [1.54, 1.807) is 17.9 Å². The molecule has 0 spiro atoms. The first-order chi connectivity index (χ1) is 16.2. The Kier molecular flexibility index (Phi) is 5.75. The fraction of sp³-hybridized carbons (Fsp3) is 0.250. The number of amides is 1. The van der Waals surface area contributed by atoms with Gasteiger partial charge in [0, 0.05) is 18.7 Å². The second-order valence-corrected chi connectivity index (χ2v) is 7.88. The van der Waals surface area contributed by atoms with Crippen molar-refractivity contribution in [3.8, 4) is 22.7 Å². The number of carbonyl (C=O) groups is 1. The fourth-order valence-electron chi connectivity index (χ4n) is 3.94.